The minimum absolute atomic E-state index is 0.00967. The van der Waals surface area contributed by atoms with Crippen LogP contribution in [0.4, 0.5) is 5.69 Å². The highest BCUT2D eigenvalue weighted by Gasteiger charge is 2.14. The van der Waals surface area contributed by atoms with Crippen molar-refractivity contribution in [2.45, 2.75) is 43.4 Å². The van der Waals surface area contributed by atoms with Gasteiger partial charge in [-0.3, -0.25) is 14.9 Å². The second kappa shape index (κ2) is 9.21. The molecule has 0 heterocycles. The SMILES string of the molecule is O=C(O)CCCCCCCNS(=O)(=O)c1ccc([N+](=O)[O-])cc1. The third kappa shape index (κ3) is 7.20. The van der Waals surface area contributed by atoms with Crippen molar-refractivity contribution in [2.75, 3.05) is 6.54 Å². The Labute approximate surface area is 134 Å². The summed E-state index contributed by atoms with van der Waals surface area (Å²) in [6, 6.07) is 4.70. The van der Waals surface area contributed by atoms with E-state index in [2.05, 4.69) is 4.72 Å². The lowest BCUT2D eigenvalue weighted by Gasteiger charge is -2.06. The van der Waals surface area contributed by atoms with Crippen LogP contribution in [0.1, 0.15) is 38.5 Å². The minimum atomic E-state index is -3.66. The van der Waals surface area contributed by atoms with Gasteiger partial charge in [0.25, 0.3) is 5.69 Å². The number of carbonyl (C=O) groups is 1. The standard InChI is InChI=1S/C14H20N2O6S/c17-14(18)6-4-2-1-3-5-11-15-23(21,22)13-9-7-12(8-10-13)16(19)20/h7-10,15H,1-6,11H2,(H,17,18). The topological polar surface area (TPSA) is 127 Å². The lowest BCUT2D eigenvalue weighted by Crippen LogP contribution is -2.24. The van der Waals surface area contributed by atoms with Gasteiger partial charge in [-0.1, -0.05) is 19.3 Å². The Morgan fingerprint density at radius 2 is 1.65 bits per heavy atom. The zero-order chi connectivity index (χ0) is 17.3. The molecule has 23 heavy (non-hydrogen) atoms. The van der Waals surface area contributed by atoms with Crippen molar-refractivity contribution in [1.82, 2.24) is 4.72 Å². The van der Waals surface area contributed by atoms with Crippen molar-refractivity contribution in [3.63, 3.8) is 0 Å². The van der Waals surface area contributed by atoms with E-state index in [1.165, 1.54) is 12.1 Å². The first kappa shape index (κ1) is 19.0. The van der Waals surface area contributed by atoms with Gasteiger partial charge in [-0.15, -0.1) is 0 Å². The predicted molar refractivity (Wildman–Crippen MR) is 83.6 cm³/mol. The number of aliphatic carboxylic acids is 1. The average molecular weight is 344 g/mol. The Morgan fingerprint density at radius 3 is 2.22 bits per heavy atom. The van der Waals surface area contributed by atoms with E-state index in [0.717, 1.165) is 31.4 Å². The van der Waals surface area contributed by atoms with Gasteiger partial charge in [-0.05, 0) is 25.0 Å². The van der Waals surface area contributed by atoms with Gasteiger partial charge < -0.3 is 5.11 Å². The predicted octanol–water partition coefficient (Wildman–Crippen LogP) is 2.30. The van der Waals surface area contributed by atoms with Gasteiger partial charge in [0.15, 0.2) is 0 Å². The fourth-order valence-electron chi connectivity index (χ4n) is 1.97. The summed E-state index contributed by atoms with van der Waals surface area (Å²) < 4.78 is 26.4. The second-order valence-electron chi connectivity index (χ2n) is 5.06. The van der Waals surface area contributed by atoms with Crippen LogP contribution in [-0.4, -0.2) is 31.0 Å². The second-order valence-corrected chi connectivity index (χ2v) is 6.83. The quantitative estimate of drug-likeness (QED) is 0.360. The molecular formula is C14H20N2O6S. The van der Waals surface area contributed by atoms with Gasteiger partial charge in [-0.25, -0.2) is 13.1 Å². The summed E-state index contributed by atoms with van der Waals surface area (Å²) in [5, 5.41) is 19.0. The number of sulfonamides is 1. The molecule has 0 aliphatic carbocycles. The summed E-state index contributed by atoms with van der Waals surface area (Å²) in [6.45, 7) is 0.276. The number of carboxylic acid groups (broad SMARTS) is 1. The van der Waals surface area contributed by atoms with Crippen molar-refractivity contribution in [3.05, 3.63) is 34.4 Å². The van der Waals surface area contributed by atoms with Gasteiger partial charge in [-0.2, -0.15) is 0 Å². The summed E-state index contributed by atoms with van der Waals surface area (Å²) in [7, 11) is -3.66. The third-order valence-electron chi connectivity index (χ3n) is 3.22. The molecule has 1 aromatic carbocycles. The molecule has 1 rings (SSSR count). The zero-order valence-corrected chi connectivity index (χ0v) is 13.4. The van der Waals surface area contributed by atoms with E-state index in [0.29, 0.717) is 12.8 Å². The summed E-state index contributed by atoms with van der Waals surface area (Å²) in [6.07, 6.45) is 3.91. The Kier molecular flexibility index (Phi) is 7.63. The molecule has 0 fully saturated rings. The Hall–Kier alpha value is -2.00. The van der Waals surface area contributed by atoms with Crippen molar-refractivity contribution < 1.29 is 23.2 Å². The minimum Gasteiger partial charge on any atom is -0.481 e. The van der Waals surface area contributed by atoms with Crippen molar-refractivity contribution in [3.8, 4) is 0 Å². The lowest BCUT2D eigenvalue weighted by molar-refractivity contribution is -0.384. The molecule has 0 atom stereocenters. The van der Waals surface area contributed by atoms with Gasteiger partial charge in [0.2, 0.25) is 10.0 Å². The fourth-order valence-corrected chi connectivity index (χ4v) is 3.04. The molecule has 128 valence electrons. The largest absolute Gasteiger partial charge is 0.481 e. The maximum absolute atomic E-state index is 12.0. The number of nitro groups is 1. The first-order valence-electron chi connectivity index (χ1n) is 7.29. The number of benzene rings is 1. The smallest absolute Gasteiger partial charge is 0.303 e. The first-order chi connectivity index (χ1) is 10.8. The van der Waals surface area contributed by atoms with E-state index < -0.39 is 20.9 Å². The van der Waals surface area contributed by atoms with E-state index in [9.17, 15) is 23.3 Å². The number of unbranched alkanes of at least 4 members (excludes halogenated alkanes) is 4. The van der Waals surface area contributed by atoms with E-state index in [4.69, 9.17) is 5.11 Å². The van der Waals surface area contributed by atoms with Gasteiger partial charge in [0.1, 0.15) is 0 Å². The van der Waals surface area contributed by atoms with E-state index in [-0.39, 0.29) is 23.5 Å². The van der Waals surface area contributed by atoms with Crippen molar-refractivity contribution in [2.24, 2.45) is 0 Å². The molecule has 0 unspecified atom stereocenters. The molecular weight excluding hydrogens is 324 g/mol. The maximum Gasteiger partial charge on any atom is 0.303 e. The highest BCUT2D eigenvalue weighted by atomic mass is 32.2. The van der Waals surface area contributed by atoms with Crippen LogP contribution in [-0.2, 0) is 14.8 Å². The molecule has 8 nitrogen and oxygen atoms in total. The molecule has 0 radical (unpaired) electrons. The fraction of sp³-hybridized carbons (Fsp3) is 0.500. The molecule has 0 aromatic heterocycles. The summed E-state index contributed by atoms with van der Waals surface area (Å²) >= 11 is 0. The van der Waals surface area contributed by atoms with Crippen LogP contribution in [0.2, 0.25) is 0 Å². The molecule has 0 spiro atoms. The van der Waals surface area contributed by atoms with E-state index >= 15 is 0 Å². The van der Waals surface area contributed by atoms with Crippen LogP contribution in [0.5, 0.6) is 0 Å². The Morgan fingerprint density at radius 1 is 1.09 bits per heavy atom. The average Bonchev–Trinajstić information content (AvgIpc) is 2.49. The molecule has 9 heteroatoms. The number of carboxylic acids is 1. The Bertz CT molecular complexity index is 627. The summed E-state index contributed by atoms with van der Waals surface area (Å²) in [4.78, 5) is 20.3. The van der Waals surface area contributed by atoms with Crippen molar-refractivity contribution in [1.29, 1.82) is 0 Å². The Balaban J connectivity index is 2.30. The van der Waals surface area contributed by atoms with Crippen LogP contribution < -0.4 is 4.72 Å². The highest BCUT2D eigenvalue weighted by molar-refractivity contribution is 7.89. The third-order valence-corrected chi connectivity index (χ3v) is 4.69. The van der Waals surface area contributed by atoms with Crippen LogP contribution in [0.3, 0.4) is 0 Å². The maximum atomic E-state index is 12.0. The molecule has 0 amide bonds. The van der Waals surface area contributed by atoms with E-state index in [1.807, 2.05) is 0 Å². The number of hydrogen-bond acceptors (Lipinski definition) is 5. The number of nitro benzene ring substituents is 1. The van der Waals surface area contributed by atoms with E-state index in [1.54, 1.807) is 0 Å². The van der Waals surface area contributed by atoms with Gasteiger partial charge >= 0.3 is 5.97 Å². The first-order valence-corrected chi connectivity index (χ1v) is 8.77. The van der Waals surface area contributed by atoms with Gasteiger partial charge in [0, 0.05) is 25.1 Å². The molecule has 0 saturated heterocycles. The molecule has 2 N–H and O–H groups in total. The number of non-ortho nitro benzene ring substituents is 1. The molecule has 0 aliphatic heterocycles. The summed E-state index contributed by atoms with van der Waals surface area (Å²) in [5.41, 5.74) is -0.162. The normalized spacial score (nSPS) is 11.3. The molecule has 0 saturated carbocycles. The lowest BCUT2D eigenvalue weighted by atomic mass is 10.1. The highest BCUT2D eigenvalue weighted by Crippen LogP contribution is 2.15. The van der Waals surface area contributed by atoms with Crippen LogP contribution in [0.25, 0.3) is 0 Å². The van der Waals surface area contributed by atoms with Crippen LogP contribution in [0, 0.1) is 10.1 Å². The molecule has 1 aromatic rings. The number of nitrogens with one attached hydrogen (secondary N) is 1. The van der Waals surface area contributed by atoms with Crippen molar-refractivity contribution >= 4 is 21.7 Å². The number of rotatable bonds is 11. The molecule has 0 bridgehead atoms. The molecule has 0 aliphatic rings. The zero-order valence-electron chi connectivity index (χ0n) is 12.6. The van der Waals surface area contributed by atoms with Crippen LogP contribution >= 0.6 is 0 Å². The summed E-state index contributed by atoms with van der Waals surface area (Å²) in [5.74, 6) is -0.805. The monoisotopic (exact) mass is 344 g/mol. The van der Waals surface area contributed by atoms with Crippen LogP contribution in [0.15, 0.2) is 29.2 Å². The van der Waals surface area contributed by atoms with Gasteiger partial charge in [0.05, 0.1) is 9.82 Å². The number of hydrogen-bond donors (Lipinski definition) is 2. The number of nitrogens with zero attached hydrogens (tertiary/aromatic N) is 1.